The minimum absolute atomic E-state index is 0.400. The van der Waals surface area contributed by atoms with Crippen molar-refractivity contribution in [3.8, 4) is 0 Å². The summed E-state index contributed by atoms with van der Waals surface area (Å²) in [5.41, 5.74) is -0.400. The lowest BCUT2D eigenvalue weighted by molar-refractivity contribution is -0.0262. The van der Waals surface area contributed by atoms with E-state index in [2.05, 4.69) is 4.90 Å². The van der Waals surface area contributed by atoms with Crippen LogP contribution in [0.5, 0.6) is 0 Å². The molecule has 2 rings (SSSR count). The second-order valence-electron chi connectivity index (χ2n) is 5.03. The van der Waals surface area contributed by atoms with Crippen molar-refractivity contribution in [3.05, 3.63) is 0 Å². The average molecular weight is 213 g/mol. The van der Waals surface area contributed by atoms with Crippen LogP contribution in [0.3, 0.4) is 0 Å². The molecular weight excluding hydrogens is 190 g/mol. The maximum atomic E-state index is 10.4. The van der Waals surface area contributed by atoms with Gasteiger partial charge < -0.3 is 9.84 Å². The molecule has 2 fully saturated rings. The van der Waals surface area contributed by atoms with Gasteiger partial charge in [-0.2, -0.15) is 0 Å². The SMILES string of the molecule is OC1(CN2CCCOCC2)CCCCC1. The highest BCUT2D eigenvalue weighted by Crippen LogP contribution is 2.28. The molecule has 0 atom stereocenters. The number of nitrogens with zero attached hydrogens (tertiary/aromatic N) is 1. The quantitative estimate of drug-likeness (QED) is 0.752. The fourth-order valence-electron chi connectivity index (χ4n) is 2.74. The molecule has 3 nitrogen and oxygen atoms in total. The Morgan fingerprint density at radius 3 is 2.60 bits per heavy atom. The van der Waals surface area contributed by atoms with E-state index in [4.69, 9.17) is 4.74 Å². The van der Waals surface area contributed by atoms with Crippen LogP contribution in [-0.4, -0.2) is 48.5 Å². The molecule has 0 unspecified atom stereocenters. The molecule has 0 radical (unpaired) electrons. The van der Waals surface area contributed by atoms with Crippen molar-refractivity contribution in [2.24, 2.45) is 0 Å². The second kappa shape index (κ2) is 5.28. The van der Waals surface area contributed by atoms with Gasteiger partial charge in [0.25, 0.3) is 0 Å². The largest absolute Gasteiger partial charge is 0.389 e. The van der Waals surface area contributed by atoms with Gasteiger partial charge >= 0.3 is 0 Å². The molecule has 1 heterocycles. The Morgan fingerprint density at radius 1 is 1.00 bits per heavy atom. The van der Waals surface area contributed by atoms with E-state index in [1.54, 1.807) is 0 Å². The average Bonchev–Trinajstić information content (AvgIpc) is 2.47. The number of hydrogen-bond acceptors (Lipinski definition) is 3. The fraction of sp³-hybridized carbons (Fsp3) is 1.00. The molecule has 0 aromatic carbocycles. The number of rotatable bonds is 2. The van der Waals surface area contributed by atoms with Crippen LogP contribution in [-0.2, 0) is 4.74 Å². The van der Waals surface area contributed by atoms with Gasteiger partial charge in [-0.1, -0.05) is 19.3 Å². The van der Waals surface area contributed by atoms with Crippen LogP contribution in [0.4, 0.5) is 0 Å². The van der Waals surface area contributed by atoms with Gasteiger partial charge in [0.05, 0.1) is 12.2 Å². The lowest BCUT2D eigenvalue weighted by Gasteiger charge is -2.36. The molecule has 0 aromatic heterocycles. The molecule has 88 valence electrons. The zero-order valence-electron chi connectivity index (χ0n) is 9.58. The van der Waals surface area contributed by atoms with E-state index in [1.165, 1.54) is 19.3 Å². The summed E-state index contributed by atoms with van der Waals surface area (Å²) in [6.45, 7) is 4.64. The number of β-amino-alcohol motifs (C(OH)–C–C–N with tert-alkyl or cyclic N) is 1. The third-order valence-electron chi connectivity index (χ3n) is 3.62. The van der Waals surface area contributed by atoms with Crippen LogP contribution in [0.15, 0.2) is 0 Å². The molecule has 1 N–H and O–H groups in total. The van der Waals surface area contributed by atoms with Crippen LogP contribution in [0.2, 0.25) is 0 Å². The first-order chi connectivity index (χ1) is 7.29. The van der Waals surface area contributed by atoms with Crippen LogP contribution in [0.25, 0.3) is 0 Å². The van der Waals surface area contributed by atoms with Crippen molar-refractivity contribution >= 4 is 0 Å². The zero-order chi connectivity index (χ0) is 10.6. The van der Waals surface area contributed by atoms with Gasteiger partial charge in [-0.25, -0.2) is 0 Å². The van der Waals surface area contributed by atoms with Crippen LogP contribution in [0, 0.1) is 0 Å². The first-order valence-corrected chi connectivity index (χ1v) is 6.31. The Kier molecular flexibility index (Phi) is 4.00. The minimum Gasteiger partial charge on any atom is -0.389 e. The summed E-state index contributed by atoms with van der Waals surface area (Å²) in [6.07, 6.45) is 6.78. The Bertz CT molecular complexity index is 182. The number of aliphatic hydroxyl groups is 1. The normalized spacial score (nSPS) is 28.6. The zero-order valence-corrected chi connectivity index (χ0v) is 9.58. The van der Waals surface area contributed by atoms with Crippen molar-refractivity contribution in [1.82, 2.24) is 4.90 Å². The van der Waals surface area contributed by atoms with Crippen molar-refractivity contribution in [2.45, 2.75) is 44.1 Å². The molecule has 0 amide bonds. The summed E-state index contributed by atoms with van der Waals surface area (Å²) >= 11 is 0. The number of ether oxygens (including phenoxy) is 1. The maximum absolute atomic E-state index is 10.4. The molecular formula is C12H23NO2. The van der Waals surface area contributed by atoms with E-state index in [9.17, 15) is 5.11 Å². The molecule has 0 spiro atoms. The highest BCUT2D eigenvalue weighted by molar-refractivity contribution is 4.85. The van der Waals surface area contributed by atoms with Crippen LogP contribution >= 0.6 is 0 Å². The molecule has 2 aliphatic rings. The van der Waals surface area contributed by atoms with Crippen LogP contribution < -0.4 is 0 Å². The summed E-state index contributed by atoms with van der Waals surface area (Å²) in [7, 11) is 0. The van der Waals surface area contributed by atoms with Crippen LogP contribution in [0.1, 0.15) is 38.5 Å². The first kappa shape index (κ1) is 11.4. The monoisotopic (exact) mass is 213 g/mol. The predicted octanol–water partition coefficient (Wildman–Crippen LogP) is 1.40. The topological polar surface area (TPSA) is 32.7 Å². The fourth-order valence-corrected chi connectivity index (χ4v) is 2.74. The molecule has 1 saturated carbocycles. The van der Waals surface area contributed by atoms with Crippen molar-refractivity contribution < 1.29 is 9.84 Å². The predicted molar refractivity (Wildman–Crippen MR) is 59.9 cm³/mol. The highest BCUT2D eigenvalue weighted by Gasteiger charge is 2.31. The molecule has 1 aliphatic carbocycles. The third-order valence-corrected chi connectivity index (χ3v) is 3.62. The van der Waals surface area contributed by atoms with E-state index in [-0.39, 0.29) is 0 Å². The lowest BCUT2D eigenvalue weighted by Crippen LogP contribution is -2.45. The van der Waals surface area contributed by atoms with Gasteiger partial charge in [-0.3, -0.25) is 4.90 Å². The van der Waals surface area contributed by atoms with Crippen molar-refractivity contribution in [3.63, 3.8) is 0 Å². The van der Waals surface area contributed by atoms with Gasteiger partial charge in [-0.05, 0) is 19.3 Å². The van der Waals surface area contributed by atoms with Gasteiger partial charge in [0, 0.05) is 26.2 Å². The Labute approximate surface area is 92.4 Å². The standard InChI is InChI=1S/C12H23NO2/c14-12(5-2-1-3-6-12)11-13-7-4-9-15-10-8-13/h14H,1-11H2. The number of hydrogen-bond donors (Lipinski definition) is 1. The second-order valence-corrected chi connectivity index (χ2v) is 5.03. The van der Waals surface area contributed by atoms with E-state index in [0.29, 0.717) is 0 Å². The first-order valence-electron chi connectivity index (χ1n) is 6.31. The molecule has 15 heavy (non-hydrogen) atoms. The van der Waals surface area contributed by atoms with E-state index in [1.807, 2.05) is 0 Å². The minimum atomic E-state index is -0.400. The van der Waals surface area contributed by atoms with E-state index < -0.39 is 5.60 Å². The summed E-state index contributed by atoms with van der Waals surface area (Å²) in [5, 5.41) is 10.4. The molecule has 0 bridgehead atoms. The third kappa shape index (κ3) is 3.44. The van der Waals surface area contributed by atoms with Gasteiger partial charge in [0.1, 0.15) is 0 Å². The summed E-state index contributed by atoms with van der Waals surface area (Å²) in [5.74, 6) is 0. The highest BCUT2D eigenvalue weighted by atomic mass is 16.5. The molecule has 3 heteroatoms. The lowest BCUT2D eigenvalue weighted by atomic mass is 9.84. The smallest absolute Gasteiger partial charge is 0.0774 e. The Morgan fingerprint density at radius 2 is 1.80 bits per heavy atom. The summed E-state index contributed by atoms with van der Waals surface area (Å²) < 4.78 is 5.42. The van der Waals surface area contributed by atoms with Crippen molar-refractivity contribution in [2.75, 3.05) is 32.8 Å². The van der Waals surface area contributed by atoms with Gasteiger partial charge in [0.2, 0.25) is 0 Å². The van der Waals surface area contributed by atoms with E-state index in [0.717, 1.165) is 52.1 Å². The maximum Gasteiger partial charge on any atom is 0.0774 e. The van der Waals surface area contributed by atoms with Gasteiger partial charge in [-0.15, -0.1) is 0 Å². The van der Waals surface area contributed by atoms with Crippen molar-refractivity contribution in [1.29, 1.82) is 0 Å². The summed E-state index contributed by atoms with van der Waals surface area (Å²) in [6, 6.07) is 0. The Hall–Kier alpha value is -0.120. The molecule has 1 saturated heterocycles. The Balaban J connectivity index is 1.82. The van der Waals surface area contributed by atoms with Gasteiger partial charge in [0.15, 0.2) is 0 Å². The molecule has 0 aromatic rings. The summed E-state index contributed by atoms with van der Waals surface area (Å²) in [4.78, 5) is 2.37. The van der Waals surface area contributed by atoms with E-state index >= 15 is 0 Å². The molecule has 1 aliphatic heterocycles.